The molecule has 6 heteroatoms. The van der Waals surface area contributed by atoms with Crippen LogP contribution >= 0.6 is 11.8 Å². The Hall–Kier alpha value is -2.26. The number of rotatable bonds is 5. The molecule has 0 radical (unpaired) electrons. The number of hydrogen-bond acceptors (Lipinski definition) is 6. The summed E-state index contributed by atoms with van der Waals surface area (Å²) < 4.78 is 5.76. The Labute approximate surface area is 146 Å². The van der Waals surface area contributed by atoms with Gasteiger partial charge in [0.25, 0.3) is 0 Å². The van der Waals surface area contributed by atoms with Gasteiger partial charge in [-0.25, -0.2) is 9.97 Å². The standard InChI is InChI=1S/C18H20N4OS/c1-12-6-8-13(9-7-12)23-11-16-15(10-19)17(20)22-18(21-16)24-14-4-2-3-5-14/h6-9,14H,2-5,11H2,1H3,(H2,20,21,22). The summed E-state index contributed by atoms with van der Waals surface area (Å²) in [6, 6.07) is 9.86. The Morgan fingerprint density at radius 2 is 1.96 bits per heavy atom. The first-order valence-electron chi connectivity index (χ1n) is 8.08. The number of ether oxygens (including phenoxy) is 1. The third kappa shape index (κ3) is 3.98. The molecule has 1 aliphatic carbocycles. The van der Waals surface area contributed by atoms with Crippen molar-refractivity contribution in [1.82, 2.24) is 9.97 Å². The van der Waals surface area contributed by atoms with Crippen LogP contribution in [0, 0.1) is 18.3 Å². The van der Waals surface area contributed by atoms with Crippen molar-refractivity contribution in [3.63, 3.8) is 0 Å². The molecule has 124 valence electrons. The van der Waals surface area contributed by atoms with Crippen LogP contribution in [0.25, 0.3) is 0 Å². The summed E-state index contributed by atoms with van der Waals surface area (Å²) in [5, 5.41) is 10.5. The number of nitriles is 1. The lowest BCUT2D eigenvalue weighted by Crippen LogP contribution is -2.09. The average molecular weight is 340 g/mol. The quantitative estimate of drug-likeness (QED) is 0.832. The first kappa shape index (κ1) is 16.6. The number of aryl methyl sites for hydroxylation is 1. The Balaban J connectivity index is 1.77. The minimum absolute atomic E-state index is 0.205. The van der Waals surface area contributed by atoms with Crippen molar-refractivity contribution >= 4 is 17.6 Å². The molecule has 5 nitrogen and oxygen atoms in total. The maximum Gasteiger partial charge on any atom is 0.190 e. The van der Waals surface area contributed by atoms with Crippen molar-refractivity contribution < 1.29 is 4.74 Å². The third-order valence-corrected chi connectivity index (χ3v) is 5.27. The molecule has 2 N–H and O–H groups in total. The molecule has 1 fully saturated rings. The minimum atomic E-state index is 0.205. The van der Waals surface area contributed by atoms with Gasteiger partial charge in [0.15, 0.2) is 5.16 Å². The molecule has 1 aromatic heterocycles. The predicted molar refractivity (Wildman–Crippen MR) is 94.8 cm³/mol. The molecule has 0 unspecified atom stereocenters. The van der Waals surface area contributed by atoms with E-state index in [0.717, 1.165) is 5.75 Å². The molecule has 0 amide bonds. The highest BCUT2D eigenvalue weighted by molar-refractivity contribution is 7.99. The number of hydrogen-bond donors (Lipinski definition) is 1. The lowest BCUT2D eigenvalue weighted by Gasteiger charge is -2.12. The summed E-state index contributed by atoms with van der Waals surface area (Å²) in [5.74, 6) is 0.974. The zero-order valence-corrected chi connectivity index (χ0v) is 14.5. The first-order valence-corrected chi connectivity index (χ1v) is 8.96. The number of nitrogens with zero attached hydrogens (tertiary/aromatic N) is 3. The third-order valence-electron chi connectivity index (χ3n) is 4.07. The monoisotopic (exact) mass is 340 g/mol. The molecule has 0 aliphatic heterocycles. The molecule has 2 aromatic rings. The van der Waals surface area contributed by atoms with Gasteiger partial charge in [0, 0.05) is 5.25 Å². The summed E-state index contributed by atoms with van der Waals surface area (Å²) in [7, 11) is 0. The fourth-order valence-electron chi connectivity index (χ4n) is 2.72. The maximum atomic E-state index is 9.34. The van der Waals surface area contributed by atoms with Gasteiger partial charge in [0.1, 0.15) is 35.5 Å². The van der Waals surface area contributed by atoms with E-state index in [1.807, 2.05) is 31.2 Å². The van der Waals surface area contributed by atoms with Crippen LogP contribution < -0.4 is 10.5 Å². The average Bonchev–Trinajstić information content (AvgIpc) is 3.07. The second kappa shape index (κ2) is 7.54. The van der Waals surface area contributed by atoms with E-state index < -0.39 is 0 Å². The highest BCUT2D eigenvalue weighted by atomic mass is 32.2. The van der Waals surface area contributed by atoms with Gasteiger partial charge >= 0.3 is 0 Å². The van der Waals surface area contributed by atoms with Crippen LogP contribution in [0.3, 0.4) is 0 Å². The number of thioether (sulfide) groups is 1. The van der Waals surface area contributed by atoms with Crippen molar-refractivity contribution in [1.29, 1.82) is 5.26 Å². The van der Waals surface area contributed by atoms with Gasteiger partial charge in [-0.2, -0.15) is 5.26 Å². The van der Waals surface area contributed by atoms with Gasteiger partial charge in [-0.3, -0.25) is 0 Å². The number of aromatic nitrogens is 2. The van der Waals surface area contributed by atoms with Gasteiger partial charge < -0.3 is 10.5 Å². The maximum absolute atomic E-state index is 9.34. The highest BCUT2D eigenvalue weighted by Gasteiger charge is 2.20. The molecule has 1 aromatic carbocycles. The Bertz CT molecular complexity index is 749. The van der Waals surface area contributed by atoms with Crippen LogP contribution in [0.4, 0.5) is 5.82 Å². The molecule has 1 aliphatic rings. The van der Waals surface area contributed by atoms with Crippen molar-refractivity contribution in [3.05, 3.63) is 41.1 Å². The predicted octanol–water partition coefficient (Wildman–Crippen LogP) is 3.85. The number of anilines is 1. The van der Waals surface area contributed by atoms with E-state index in [1.54, 1.807) is 11.8 Å². The highest BCUT2D eigenvalue weighted by Crippen LogP contribution is 2.33. The van der Waals surface area contributed by atoms with Crippen molar-refractivity contribution in [2.45, 2.75) is 49.6 Å². The van der Waals surface area contributed by atoms with Gasteiger partial charge in [-0.1, -0.05) is 42.3 Å². The van der Waals surface area contributed by atoms with Gasteiger partial charge in [0.2, 0.25) is 0 Å². The van der Waals surface area contributed by atoms with E-state index in [1.165, 1.54) is 31.2 Å². The number of nitrogens with two attached hydrogens (primary N) is 1. The van der Waals surface area contributed by atoms with Crippen LogP contribution in [0.2, 0.25) is 0 Å². The smallest absolute Gasteiger partial charge is 0.190 e. The molecular formula is C18H20N4OS. The van der Waals surface area contributed by atoms with Crippen LogP contribution in [0.1, 0.15) is 42.5 Å². The van der Waals surface area contributed by atoms with E-state index in [9.17, 15) is 5.26 Å². The van der Waals surface area contributed by atoms with Crippen molar-refractivity contribution in [3.8, 4) is 11.8 Å². The molecular weight excluding hydrogens is 320 g/mol. The fourth-order valence-corrected chi connectivity index (χ4v) is 3.90. The summed E-state index contributed by atoms with van der Waals surface area (Å²) in [5.41, 5.74) is 7.97. The van der Waals surface area contributed by atoms with Gasteiger partial charge in [0.05, 0.1) is 0 Å². The zero-order chi connectivity index (χ0) is 16.9. The summed E-state index contributed by atoms with van der Waals surface area (Å²) in [4.78, 5) is 8.81. The van der Waals surface area contributed by atoms with Gasteiger partial charge in [-0.15, -0.1) is 0 Å². The summed E-state index contributed by atoms with van der Waals surface area (Å²) in [6.45, 7) is 2.23. The van der Waals surface area contributed by atoms with Crippen molar-refractivity contribution in [2.24, 2.45) is 0 Å². The van der Waals surface area contributed by atoms with Crippen LogP contribution in [-0.4, -0.2) is 15.2 Å². The number of nitrogen functional groups attached to an aromatic ring is 1. The van der Waals surface area contributed by atoms with E-state index >= 15 is 0 Å². The Kier molecular flexibility index (Phi) is 5.21. The minimum Gasteiger partial charge on any atom is -0.487 e. The molecule has 3 rings (SSSR count). The Morgan fingerprint density at radius 3 is 2.62 bits per heavy atom. The molecule has 0 atom stereocenters. The molecule has 0 saturated heterocycles. The Morgan fingerprint density at radius 1 is 1.25 bits per heavy atom. The van der Waals surface area contributed by atoms with E-state index in [2.05, 4.69) is 16.0 Å². The van der Waals surface area contributed by atoms with Crippen molar-refractivity contribution in [2.75, 3.05) is 5.73 Å². The lowest BCUT2D eigenvalue weighted by atomic mass is 10.2. The second-order valence-electron chi connectivity index (χ2n) is 5.95. The van der Waals surface area contributed by atoms with Gasteiger partial charge in [-0.05, 0) is 31.9 Å². The lowest BCUT2D eigenvalue weighted by molar-refractivity contribution is 0.299. The SMILES string of the molecule is Cc1ccc(OCc2nc(SC3CCCC3)nc(N)c2C#N)cc1. The topological polar surface area (TPSA) is 84.8 Å². The zero-order valence-electron chi connectivity index (χ0n) is 13.7. The molecule has 0 spiro atoms. The largest absolute Gasteiger partial charge is 0.487 e. The molecule has 0 bridgehead atoms. The summed E-state index contributed by atoms with van der Waals surface area (Å²) >= 11 is 1.66. The summed E-state index contributed by atoms with van der Waals surface area (Å²) in [6.07, 6.45) is 4.88. The second-order valence-corrected chi connectivity index (χ2v) is 7.22. The van der Waals surface area contributed by atoms with Crippen LogP contribution in [-0.2, 0) is 6.61 Å². The molecule has 1 heterocycles. The number of benzene rings is 1. The fraction of sp³-hybridized carbons (Fsp3) is 0.389. The van der Waals surface area contributed by atoms with Crippen LogP contribution in [0.15, 0.2) is 29.4 Å². The van der Waals surface area contributed by atoms with Crippen LogP contribution in [0.5, 0.6) is 5.75 Å². The van der Waals surface area contributed by atoms with E-state index in [0.29, 0.717) is 21.7 Å². The van der Waals surface area contributed by atoms with E-state index in [4.69, 9.17) is 10.5 Å². The normalized spacial score (nSPS) is 14.5. The molecule has 1 saturated carbocycles. The molecule has 24 heavy (non-hydrogen) atoms. The van der Waals surface area contributed by atoms with E-state index in [-0.39, 0.29) is 12.4 Å². The first-order chi connectivity index (χ1) is 11.7.